The second-order valence-electron chi connectivity index (χ2n) is 8.00. The van der Waals surface area contributed by atoms with Crippen LogP contribution in [0.25, 0.3) is 0 Å². The first-order valence-corrected chi connectivity index (χ1v) is 10.5. The van der Waals surface area contributed by atoms with Gasteiger partial charge in [-0.05, 0) is 31.8 Å². The van der Waals surface area contributed by atoms with Crippen LogP contribution in [-0.4, -0.2) is 81.0 Å². The third kappa shape index (κ3) is 11.3. The Hall–Kier alpha value is -3.64. The van der Waals surface area contributed by atoms with Gasteiger partial charge in [-0.3, -0.25) is 4.90 Å². The minimum atomic E-state index is -5.08. The second kappa shape index (κ2) is 13.6. The Labute approximate surface area is 208 Å². The van der Waals surface area contributed by atoms with Crippen LogP contribution in [0.3, 0.4) is 0 Å². The van der Waals surface area contributed by atoms with Crippen LogP contribution < -0.4 is 0 Å². The van der Waals surface area contributed by atoms with Gasteiger partial charge in [-0.2, -0.15) is 31.6 Å². The summed E-state index contributed by atoms with van der Waals surface area (Å²) in [5.41, 5.74) is 3.23. The summed E-state index contributed by atoms with van der Waals surface area (Å²) in [6.45, 7) is 4.83. The minimum absolute atomic E-state index is 0.735. The summed E-state index contributed by atoms with van der Waals surface area (Å²) in [7, 11) is 4.18. The van der Waals surface area contributed by atoms with Crippen molar-refractivity contribution in [3.05, 3.63) is 53.1 Å². The Morgan fingerprint density at radius 3 is 2.11 bits per heavy atom. The number of carboxylic acid groups (broad SMARTS) is 2. The lowest BCUT2D eigenvalue weighted by Gasteiger charge is -2.20. The Morgan fingerprint density at radius 1 is 1.05 bits per heavy atom. The van der Waals surface area contributed by atoms with Gasteiger partial charge in [0.2, 0.25) is 0 Å². The first-order chi connectivity index (χ1) is 17.0. The van der Waals surface area contributed by atoms with Crippen molar-refractivity contribution in [3.63, 3.8) is 0 Å². The number of halogens is 6. The first kappa shape index (κ1) is 31.4. The first-order valence-electron chi connectivity index (χ1n) is 10.5. The normalized spacial score (nSPS) is 13.7. The number of carbonyl (C=O) groups is 2. The van der Waals surface area contributed by atoms with E-state index in [0.29, 0.717) is 0 Å². The van der Waals surface area contributed by atoms with Gasteiger partial charge in [-0.15, -0.1) is 0 Å². The number of imidazole rings is 1. The van der Waals surface area contributed by atoms with Gasteiger partial charge < -0.3 is 19.7 Å². The van der Waals surface area contributed by atoms with Crippen molar-refractivity contribution in [2.45, 2.75) is 38.4 Å². The molecule has 0 unspecified atom stereocenters. The van der Waals surface area contributed by atoms with Gasteiger partial charge in [-0.1, -0.05) is 12.1 Å². The van der Waals surface area contributed by atoms with Crippen molar-refractivity contribution in [2.24, 2.45) is 0 Å². The molecule has 0 saturated carbocycles. The molecule has 9 nitrogen and oxygen atoms in total. The highest BCUT2D eigenvalue weighted by Gasteiger charge is 2.38. The van der Waals surface area contributed by atoms with E-state index in [1.807, 2.05) is 24.4 Å². The molecule has 2 heterocycles. The van der Waals surface area contributed by atoms with E-state index in [9.17, 15) is 26.3 Å². The van der Waals surface area contributed by atoms with Gasteiger partial charge in [0, 0.05) is 45.3 Å². The zero-order valence-corrected chi connectivity index (χ0v) is 19.8. The van der Waals surface area contributed by atoms with E-state index in [2.05, 4.69) is 45.6 Å². The molecule has 1 aliphatic heterocycles. The lowest BCUT2D eigenvalue weighted by Crippen LogP contribution is -2.27. The molecule has 0 aliphatic carbocycles. The van der Waals surface area contributed by atoms with Crippen LogP contribution in [-0.2, 0) is 35.6 Å². The largest absolute Gasteiger partial charge is 0.490 e. The maximum absolute atomic E-state index is 10.6. The van der Waals surface area contributed by atoms with Gasteiger partial charge in [-0.25, -0.2) is 14.6 Å². The monoisotopic (exact) mass is 537 g/mol. The molecule has 0 amide bonds. The Balaban J connectivity index is 0.000000404. The second-order valence-corrected chi connectivity index (χ2v) is 8.00. The van der Waals surface area contributed by atoms with Crippen molar-refractivity contribution >= 4 is 11.9 Å². The van der Waals surface area contributed by atoms with E-state index in [0.717, 1.165) is 44.7 Å². The fraction of sp³-hybridized carbons (Fsp3) is 0.455. The Kier molecular flexibility index (Phi) is 11.5. The van der Waals surface area contributed by atoms with E-state index in [1.165, 1.54) is 17.1 Å². The van der Waals surface area contributed by atoms with Crippen LogP contribution in [0.1, 0.15) is 22.6 Å². The zero-order valence-electron chi connectivity index (χ0n) is 19.8. The SMILES string of the molecule is CN(C)Cc1cnc2n1CCN(Cc1cccc(C#N)c1)CC2.O=C(O)C(F)(F)F.O=C(O)C(F)(F)F. The third-order valence-corrected chi connectivity index (χ3v) is 4.74. The molecule has 1 aromatic carbocycles. The maximum atomic E-state index is 10.6. The van der Waals surface area contributed by atoms with Crippen LogP contribution in [0, 0.1) is 11.3 Å². The molecule has 0 radical (unpaired) electrons. The molecule has 0 saturated heterocycles. The van der Waals surface area contributed by atoms with Gasteiger partial charge in [0.05, 0.1) is 17.3 Å². The predicted octanol–water partition coefficient (Wildman–Crippen LogP) is 3.14. The zero-order chi connectivity index (χ0) is 28.4. The highest BCUT2D eigenvalue weighted by Crippen LogP contribution is 2.16. The number of rotatable bonds is 4. The molecule has 37 heavy (non-hydrogen) atoms. The number of benzene rings is 1. The van der Waals surface area contributed by atoms with Crippen LogP contribution in [0.15, 0.2) is 30.5 Å². The number of nitriles is 1. The number of fused-ring (bicyclic) bond motifs is 1. The quantitative estimate of drug-likeness (QED) is 0.571. The summed E-state index contributed by atoms with van der Waals surface area (Å²) < 4.78 is 65.8. The van der Waals surface area contributed by atoms with Crippen LogP contribution in [0.2, 0.25) is 0 Å². The smallest absolute Gasteiger partial charge is 0.475 e. The number of nitrogens with zero attached hydrogens (tertiary/aromatic N) is 5. The van der Waals surface area contributed by atoms with Gasteiger partial charge in [0.15, 0.2) is 0 Å². The molecule has 15 heteroatoms. The van der Waals surface area contributed by atoms with E-state index in [1.54, 1.807) is 0 Å². The number of hydrogen-bond acceptors (Lipinski definition) is 6. The number of aliphatic carboxylic acids is 2. The molecular weight excluding hydrogens is 512 g/mol. The van der Waals surface area contributed by atoms with E-state index < -0.39 is 24.3 Å². The summed E-state index contributed by atoms with van der Waals surface area (Å²) in [4.78, 5) is 27.0. The highest BCUT2D eigenvalue weighted by molar-refractivity contribution is 5.73. The lowest BCUT2D eigenvalue weighted by atomic mass is 10.1. The van der Waals surface area contributed by atoms with Crippen molar-refractivity contribution in [2.75, 3.05) is 27.2 Å². The number of carboxylic acids is 2. The van der Waals surface area contributed by atoms with Crippen molar-refractivity contribution < 1.29 is 46.1 Å². The predicted molar refractivity (Wildman–Crippen MR) is 117 cm³/mol. The topological polar surface area (TPSA) is 123 Å². The van der Waals surface area contributed by atoms with E-state index >= 15 is 0 Å². The molecule has 3 rings (SSSR count). The molecule has 1 aromatic heterocycles. The van der Waals surface area contributed by atoms with Gasteiger partial charge in [0.25, 0.3) is 0 Å². The standard InChI is InChI=1S/C18H23N5.2C2HF3O2/c1-21(2)14-17-12-20-18-6-7-22(8-9-23(17)18)13-16-5-3-4-15(10-16)11-19;2*3-2(4,5)1(6)7/h3-5,10,12H,6-9,13-14H2,1-2H3;2*(H,6,7). The Morgan fingerprint density at radius 2 is 1.62 bits per heavy atom. The summed E-state index contributed by atoms with van der Waals surface area (Å²) in [6.07, 6.45) is -7.17. The van der Waals surface area contributed by atoms with Gasteiger partial charge in [0.1, 0.15) is 5.82 Å². The molecule has 0 spiro atoms. The fourth-order valence-corrected chi connectivity index (χ4v) is 3.14. The van der Waals surface area contributed by atoms with E-state index in [4.69, 9.17) is 25.1 Å². The lowest BCUT2D eigenvalue weighted by molar-refractivity contribution is -0.193. The molecule has 0 bridgehead atoms. The molecular formula is C22H25F6N5O4. The summed E-state index contributed by atoms with van der Waals surface area (Å²) in [5.74, 6) is -4.32. The summed E-state index contributed by atoms with van der Waals surface area (Å²) in [5, 5.41) is 23.3. The average Bonchev–Trinajstić information content (AvgIpc) is 3.03. The van der Waals surface area contributed by atoms with E-state index in [-0.39, 0.29) is 0 Å². The van der Waals surface area contributed by atoms with Crippen molar-refractivity contribution in [1.82, 2.24) is 19.4 Å². The molecule has 0 atom stereocenters. The summed E-state index contributed by atoms with van der Waals surface area (Å²) in [6, 6.07) is 10.1. The third-order valence-electron chi connectivity index (χ3n) is 4.74. The molecule has 2 N–H and O–H groups in total. The number of hydrogen-bond donors (Lipinski definition) is 2. The molecule has 2 aromatic rings. The van der Waals surface area contributed by atoms with Crippen molar-refractivity contribution in [3.8, 4) is 6.07 Å². The van der Waals surface area contributed by atoms with Crippen molar-refractivity contribution in [1.29, 1.82) is 5.26 Å². The molecule has 0 fully saturated rings. The van der Waals surface area contributed by atoms with Crippen LogP contribution >= 0.6 is 0 Å². The number of alkyl halides is 6. The van der Waals surface area contributed by atoms with Crippen LogP contribution in [0.5, 0.6) is 0 Å². The fourth-order valence-electron chi connectivity index (χ4n) is 3.14. The maximum Gasteiger partial charge on any atom is 0.490 e. The highest BCUT2D eigenvalue weighted by atomic mass is 19.4. The molecule has 1 aliphatic rings. The van der Waals surface area contributed by atoms with Crippen LogP contribution in [0.4, 0.5) is 26.3 Å². The average molecular weight is 537 g/mol. The molecule has 204 valence electrons. The minimum Gasteiger partial charge on any atom is -0.475 e. The van der Waals surface area contributed by atoms with Gasteiger partial charge >= 0.3 is 24.3 Å². The Bertz CT molecular complexity index is 1070. The summed E-state index contributed by atoms with van der Waals surface area (Å²) >= 11 is 0. The number of aromatic nitrogens is 2.